The molecule has 0 aromatic heterocycles. The van der Waals surface area contributed by atoms with Gasteiger partial charge in [-0.05, 0) is 114 Å². The summed E-state index contributed by atoms with van der Waals surface area (Å²) in [4.78, 5) is 4.55. The summed E-state index contributed by atoms with van der Waals surface area (Å²) < 4.78 is 25.1. The van der Waals surface area contributed by atoms with Crippen LogP contribution in [-0.4, -0.2) is 73.8 Å². The van der Waals surface area contributed by atoms with Crippen molar-refractivity contribution in [3.05, 3.63) is 98.6 Å². The number of benzene rings is 4. The van der Waals surface area contributed by atoms with E-state index >= 15 is 0 Å². The predicted octanol–water partition coefficient (Wildman–Crippen LogP) is 3.60. The third-order valence-corrected chi connectivity index (χ3v) is 9.93. The highest BCUT2D eigenvalue weighted by molar-refractivity contribution is 5.83. The molecule has 4 aromatic carbocycles. The lowest BCUT2D eigenvalue weighted by atomic mass is 9.73. The second-order valence-electron chi connectivity index (χ2n) is 13.1. The van der Waals surface area contributed by atoms with Crippen molar-refractivity contribution in [1.29, 1.82) is 0 Å². The first-order chi connectivity index (χ1) is 24.4. The van der Waals surface area contributed by atoms with Crippen molar-refractivity contribution in [1.82, 2.24) is 5.32 Å². The number of aliphatic hydroxyl groups is 2. The van der Waals surface area contributed by atoms with E-state index in [1.54, 1.807) is 12.1 Å². The Balaban J connectivity index is 1.35. The van der Waals surface area contributed by atoms with Crippen molar-refractivity contribution in [3.8, 4) is 39.9 Å². The van der Waals surface area contributed by atoms with Gasteiger partial charge in [-0.15, -0.1) is 0 Å². The molecule has 50 heavy (non-hydrogen) atoms. The number of hydrogen-bond acceptors (Lipinski definition) is 10. The summed E-state index contributed by atoms with van der Waals surface area (Å²) in [5.74, 6) is 1.92. The minimum absolute atomic E-state index is 0.000608. The molecule has 0 saturated carbocycles. The van der Waals surface area contributed by atoms with Gasteiger partial charge < -0.3 is 39.4 Å². The zero-order valence-electron chi connectivity index (χ0n) is 28.4. The number of nitrogens with one attached hydrogen (secondary N) is 1. The topological polar surface area (TPSA) is 142 Å². The Labute approximate surface area is 291 Å². The van der Waals surface area contributed by atoms with E-state index in [9.17, 15) is 20.4 Å². The van der Waals surface area contributed by atoms with Crippen LogP contribution in [0.25, 0.3) is 17.2 Å². The number of aryl methyl sites for hydroxylation is 1. The Kier molecular flexibility index (Phi) is 9.96. The van der Waals surface area contributed by atoms with Crippen LogP contribution in [0.4, 0.5) is 0 Å². The Morgan fingerprint density at radius 1 is 0.960 bits per heavy atom. The maximum absolute atomic E-state index is 10.9. The SMILES string of the molecule is CNCO[C@@H]1Cc2c(cc(OCCO)c3c2C[C@@H](Cc2ccc4c(c2)=CCN=4)c2cc(O)ccc2-3)O[C@@H]1c1cc(CCCO)c(O)c(OC)c1. The number of phenolic OH excluding ortho intramolecular Hbond substituents is 2. The molecular weight excluding hydrogens is 636 g/mol. The summed E-state index contributed by atoms with van der Waals surface area (Å²) in [5.41, 5.74) is 7.75. The Bertz CT molecular complexity index is 2010. The molecule has 0 unspecified atom stereocenters. The van der Waals surface area contributed by atoms with Crippen molar-refractivity contribution < 1.29 is 39.4 Å². The van der Waals surface area contributed by atoms with Gasteiger partial charge in [0.15, 0.2) is 17.6 Å². The molecule has 2 aliphatic heterocycles. The van der Waals surface area contributed by atoms with Crippen LogP contribution in [0.15, 0.2) is 59.6 Å². The minimum Gasteiger partial charge on any atom is -0.508 e. The quantitative estimate of drug-likeness (QED) is 0.134. The Hall–Kier alpha value is -4.61. The van der Waals surface area contributed by atoms with E-state index in [4.69, 9.17) is 18.9 Å². The number of rotatable bonds is 13. The molecule has 1 aliphatic carbocycles. The first kappa shape index (κ1) is 33.9. The molecule has 10 nitrogen and oxygen atoms in total. The van der Waals surface area contributed by atoms with Crippen LogP contribution in [0.2, 0.25) is 0 Å². The lowest BCUT2D eigenvalue weighted by Crippen LogP contribution is -2.36. The fourth-order valence-corrected chi connectivity index (χ4v) is 7.67. The highest BCUT2D eigenvalue weighted by atomic mass is 16.6. The van der Waals surface area contributed by atoms with Gasteiger partial charge >= 0.3 is 0 Å². The molecule has 0 bridgehead atoms. The molecule has 0 saturated heterocycles. The van der Waals surface area contributed by atoms with E-state index in [1.165, 1.54) is 12.7 Å². The summed E-state index contributed by atoms with van der Waals surface area (Å²) in [6.45, 7) is 0.969. The zero-order chi connectivity index (χ0) is 34.8. The first-order valence-corrected chi connectivity index (χ1v) is 17.2. The van der Waals surface area contributed by atoms with Crippen molar-refractivity contribution in [2.75, 3.05) is 47.3 Å². The normalized spacial score (nSPS) is 18.5. The fraction of sp³-hybridized carbons (Fsp3) is 0.375. The first-order valence-electron chi connectivity index (χ1n) is 17.2. The second-order valence-corrected chi connectivity index (χ2v) is 13.1. The van der Waals surface area contributed by atoms with Crippen LogP contribution >= 0.6 is 0 Å². The number of aromatic hydroxyl groups is 2. The summed E-state index contributed by atoms with van der Waals surface area (Å²) in [6, 6.07) is 17.6. The van der Waals surface area contributed by atoms with Crippen molar-refractivity contribution >= 4 is 6.08 Å². The molecule has 262 valence electrons. The molecule has 4 aromatic rings. The summed E-state index contributed by atoms with van der Waals surface area (Å²) >= 11 is 0. The van der Waals surface area contributed by atoms with Crippen LogP contribution in [0.1, 0.15) is 51.8 Å². The average Bonchev–Trinajstić information content (AvgIpc) is 3.60. The lowest BCUT2D eigenvalue weighted by molar-refractivity contribution is -0.0429. The van der Waals surface area contributed by atoms with Crippen LogP contribution in [0, 0.1) is 0 Å². The van der Waals surface area contributed by atoms with Gasteiger partial charge in [0, 0.05) is 30.2 Å². The number of hydrogen-bond donors (Lipinski definition) is 5. The number of phenols is 2. The lowest BCUT2D eigenvalue weighted by Gasteiger charge is -2.38. The molecule has 0 amide bonds. The number of fused-ring (bicyclic) bond motifs is 6. The monoisotopic (exact) mass is 680 g/mol. The van der Waals surface area contributed by atoms with E-state index < -0.39 is 6.10 Å². The van der Waals surface area contributed by atoms with Gasteiger partial charge in [-0.3, -0.25) is 10.3 Å². The molecule has 3 aliphatic rings. The molecule has 0 spiro atoms. The highest BCUT2D eigenvalue weighted by Crippen LogP contribution is 2.52. The molecule has 10 heteroatoms. The van der Waals surface area contributed by atoms with E-state index in [2.05, 4.69) is 34.6 Å². The van der Waals surface area contributed by atoms with Gasteiger partial charge in [0.1, 0.15) is 30.0 Å². The maximum Gasteiger partial charge on any atom is 0.161 e. The third-order valence-electron chi connectivity index (χ3n) is 9.93. The zero-order valence-corrected chi connectivity index (χ0v) is 28.4. The Morgan fingerprint density at radius 3 is 2.64 bits per heavy atom. The summed E-state index contributed by atoms with van der Waals surface area (Å²) in [5, 5.41) is 46.1. The van der Waals surface area contributed by atoms with E-state index in [0.29, 0.717) is 61.8 Å². The van der Waals surface area contributed by atoms with E-state index in [0.717, 1.165) is 50.4 Å². The van der Waals surface area contributed by atoms with Crippen molar-refractivity contribution in [3.63, 3.8) is 0 Å². The molecule has 0 radical (unpaired) electrons. The highest BCUT2D eigenvalue weighted by Gasteiger charge is 2.39. The van der Waals surface area contributed by atoms with E-state index in [1.807, 2.05) is 31.3 Å². The van der Waals surface area contributed by atoms with Gasteiger partial charge in [-0.2, -0.15) is 0 Å². The van der Waals surface area contributed by atoms with E-state index in [-0.39, 0.29) is 43.3 Å². The number of aliphatic hydroxyl groups excluding tert-OH is 2. The number of methoxy groups -OCH3 is 1. The average molecular weight is 681 g/mol. The second kappa shape index (κ2) is 14.7. The standard InChI is InChI=1S/C40H44N2O8/c1-41-22-49-37-20-31-32-17-26(15-23-5-8-33-24(14-23)9-10-42-33)30-19-28(45)6-7-29(30)38(32)35(48-13-12-44)21-34(31)50-40(37)27-16-25(4-3-11-43)39(46)36(18-27)47-2/h5-9,14,16,18-19,21,26,37,40-41,43-46H,3-4,10-13,15,17,20,22H2,1-2H3/t26-,37-,40-/m1/s1. The molecule has 5 N–H and O–H groups in total. The molecule has 2 heterocycles. The number of ether oxygens (including phenoxy) is 4. The smallest absolute Gasteiger partial charge is 0.161 e. The van der Waals surface area contributed by atoms with Gasteiger partial charge in [0.2, 0.25) is 0 Å². The van der Waals surface area contributed by atoms with Crippen LogP contribution in [0.5, 0.6) is 28.7 Å². The van der Waals surface area contributed by atoms with Gasteiger partial charge in [0.05, 0.1) is 32.3 Å². The fourth-order valence-electron chi connectivity index (χ4n) is 7.67. The van der Waals surface area contributed by atoms with Gasteiger partial charge in [-0.25, -0.2) is 0 Å². The van der Waals surface area contributed by atoms with Crippen LogP contribution in [-0.2, 0) is 30.4 Å². The Morgan fingerprint density at radius 2 is 1.84 bits per heavy atom. The molecular formula is C40H44N2O8. The third kappa shape index (κ3) is 6.52. The largest absolute Gasteiger partial charge is 0.508 e. The van der Waals surface area contributed by atoms with Crippen molar-refractivity contribution in [2.24, 2.45) is 4.99 Å². The molecule has 0 fully saturated rings. The number of nitrogens with zero attached hydrogens (tertiary/aromatic N) is 1. The van der Waals surface area contributed by atoms with Crippen LogP contribution in [0.3, 0.4) is 0 Å². The van der Waals surface area contributed by atoms with Gasteiger partial charge in [0.25, 0.3) is 0 Å². The predicted molar refractivity (Wildman–Crippen MR) is 189 cm³/mol. The van der Waals surface area contributed by atoms with Crippen LogP contribution < -0.4 is 30.1 Å². The van der Waals surface area contributed by atoms with Gasteiger partial charge in [-0.1, -0.05) is 18.2 Å². The summed E-state index contributed by atoms with van der Waals surface area (Å²) in [7, 11) is 3.35. The minimum atomic E-state index is -0.543. The molecule has 7 rings (SSSR count). The maximum atomic E-state index is 10.9. The summed E-state index contributed by atoms with van der Waals surface area (Å²) in [6.07, 6.45) is 4.17. The molecule has 3 atom stereocenters. The van der Waals surface area contributed by atoms with Crippen molar-refractivity contribution in [2.45, 2.75) is 50.2 Å².